The lowest BCUT2D eigenvalue weighted by Gasteiger charge is -2.12. The monoisotopic (exact) mass is 557 g/mol. The maximum Gasteiger partial charge on any atom is 0.326 e. The topological polar surface area (TPSA) is 124 Å². The highest BCUT2D eigenvalue weighted by molar-refractivity contribution is 5.86. The number of aliphatic hydroxyl groups is 1. The van der Waals surface area contributed by atoms with Gasteiger partial charge in [0.2, 0.25) is 5.91 Å². The number of carboxylic acids is 2. The number of carboxylic acid groups (broad SMARTS) is 2. The van der Waals surface area contributed by atoms with E-state index >= 15 is 0 Å². The number of aliphatic carboxylic acids is 2. The van der Waals surface area contributed by atoms with Gasteiger partial charge in [-0.1, -0.05) is 143 Å². The van der Waals surface area contributed by atoms with Crippen LogP contribution in [0, 0.1) is 0 Å². The zero-order valence-corrected chi connectivity index (χ0v) is 25.7. The van der Waals surface area contributed by atoms with E-state index in [2.05, 4.69) is 26.1 Å². The molecule has 0 saturated heterocycles. The van der Waals surface area contributed by atoms with E-state index in [0.717, 1.165) is 25.7 Å². The van der Waals surface area contributed by atoms with Gasteiger partial charge in [0, 0.05) is 6.42 Å². The Morgan fingerprint density at radius 2 is 0.923 bits per heavy atom. The molecule has 232 valence electrons. The summed E-state index contributed by atoms with van der Waals surface area (Å²) in [6.07, 6.45) is 26.4. The first-order valence-corrected chi connectivity index (χ1v) is 16.2. The van der Waals surface area contributed by atoms with Gasteiger partial charge in [0.05, 0.1) is 12.5 Å². The van der Waals surface area contributed by atoms with E-state index in [1.54, 1.807) is 0 Å². The van der Waals surface area contributed by atoms with Crippen LogP contribution in [0.4, 0.5) is 0 Å². The maximum atomic E-state index is 11.6. The SMILES string of the molecule is CCCCCCCCCC(O)CCCCCC.CCCCCCCCCCCC(=O)N[C@@H](CC(=O)O)C(=O)O. The van der Waals surface area contributed by atoms with Gasteiger partial charge in [0.1, 0.15) is 6.04 Å². The molecule has 0 rings (SSSR count). The van der Waals surface area contributed by atoms with Gasteiger partial charge >= 0.3 is 11.9 Å². The molecule has 0 aromatic carbocycles. The summed E-state index contributed by atoms with van der Waals surface area (Å²) >= 11 is 0. The zero-order chi connectivity index (χ0) is 29.6. The summed E-state index contributed by atoms with van der Waals surface area (Å²) in [5, 5.41) is 29.4. The van der Waals surface area contributed by atoms with E-state index in [4.69, 9.17) is 10.2 Å². The van der Waals surface area contributed by atoms with E-state index in [1.165, 1.54) is 109 Å². The van der Waals surface area contributed by atoms with Crippen molar-refractivity contribution in [1.29, 1.82) is 0 Å². The summed E-state index contributed by atoms with van der Waals surface area (Å²) in [6.45, 7) is 6.68. The van der Waals surface area contributed by atoms with Crippen LogP contribution in [0.3, 0.4) is 0 Å². The molecule has 0 aliphatic heterocycles. The first-order chi connectivity index (χ1) is 18.8. The van der Waals surface area contributed by atoms with Crippen molar-refractivity contribution >= 4 is 17.8 Å². The summed E-state index contributed by atoms with van der Waals surface area (Å²) < 4.78 is 0. The molecule has 1 unspecified atom stereocenters. The van der Waals surface area contributed by atoms with Gasteiger partial charge in [-0.3, -0.25) is 9.59 Å². The number of aliphatic hydroxyl groups excluding tert-OH is 1. The Labute approximate surface area is 239 Å². The smallest absolute Gasteiger partial charge is 0.326 e. The highest BCUT2D eigenvalue weighted by Crippen LogP contribution is 2.14. The van der Waals surface area contributed by atoms with Gasteiger partial charge in [-0.05, 0) is 19.3 Å². The number of hydrogen-bond acceptors (Lipinski definition) is 4. The van der Waals surface area contributed by atoms with Gasteiger partial charge in [0.15, 0.2) is 0 Å². The number of amides is 1. The minimum absolute atomic E-state index is 0.0255. The molecule has 0 aliphatic rings. The summed E-state index contributed by atoms with van der Waals surface area (Å²) in [7, 11) is 0. The molecule has 0 bridgehead atoms. The normalized spacial score (nSPS) is 12.3. The number of rotatable bonds is 27. The third-order valence-corrected chi connectivity index (χ3v) is 7.05. The molecular weight excluding hydrogens is 494 g/mol. The summed E-state index contributed by atoms with van der Waals surface area (Å²) in [6, 6.07) is -1.34. The summed E-state index contributed by atoms with van der Waals surface area (Å²) in [5.41, 5.74) is 0. The maximum absolute atomic E-state index is 11.6. The second kappa shape index (κ2) is 30.9. The Hall–Kier alpha value is -1.63. The van der Waals surface area contributed by atoms with E-state index in [1.807, 2.05) is 0 Å². The zero-order valence-electron chi connectivity index (χ0n) is 25.7. The van der Waals surface area contributed by atoms with Crippen LogP contribution in [0.1, 0.15) is 175 Å². The molecule has 0 aromatic heterocycles. The minimum Gasteiger partial charge on any atom is -0.481 e. The quantitative estimate of drug-likeness (QED) is 0.0752. The first-order valence-electron chi connectivity index (χ1n) is 16.2. The lowest BCUT2D eigenvalue weighted by Crippen LogP contribution is -2.42. The van der Waals surface area contributed by atoms with Gasteiger partial charge in [-0.2, -0.15) is 0 Å². The molecule has 0 aliphatic carbocycles. The van der Waals surface area contributed by atoms with Crippen LogP contribution < -0.4 is 5.32 Å². The van der Waals surface area contributed by atoms with Crippen molar-refractivity contribution < 1.29 is 29.7 Å². The van der Waals surface area contributed by atoms with Crippen LogP contribution in [-0.4, -0.2) is 45.3 Å². The number of hydrogen-bond donors (Lipinski definition) is 4. The van der Waals surface area contributed by atoms with E-state index in [-0.39, 0.29) is 12.5 Å². The molecule has 1 amide bonds. The Morgan fingerprint density at radius 3 is 1.31 bits per heavy atom. The van der Waals surface area contributed by atoms with Gasteiger partial charge in [-0.15, -0.1) is 0 Å². The predicted octanol–water partition coefficient (Wildman–Crippen LogP) is 8.41. The van der Waals surface area contributed by atoms with Crippen molar-refractivity contribution in [3.63, 3.8) is 0 Å². The lowest BCUT2D eigenvalue weighted by molar-refractivity contribution is -0.147. The third kappa shape index (κ3) is 32.5. The fraction of sp³-hybridized carbons (Fsp3) is 0.906. The van der Waals surface area contributed by atoms with Gasteiger partial charge < -0.3 is 20.6 Å². The fourth-order valence-corrected chi connectivity index (χ4v) is 4.53. The van der Waals surface area contributed by atoms with Crippen molar-refractivity contribution in [2.75, 3.05) is 0 Å². The highest BCUT2D eigenvalue weighted by atomic mass is 16.4. The molecule has 0 radical (unpaired) electrons. The van der Waals surface area contributed by atoms with E-state index in [9.17, 15) is 19.5 Å². The molecular formula is C32H63NO6. The number of carbonyl (C=O) groups excluding carboxylic acids is 1. The third-order valence-electron chi connectivity index (χ3n) is 7.05. The Bertz CT molecular complexity index is 569. The molecule has 7 heteroatoms. The largest absolute Gasteiger partial charge is 0.481 e. The summed E-state index contributed by atoms with van der Waals surface area (Å²) in [5.74, 6) is -2.95. The number of carbonyl (C=O) groups is 3. The van der Waals surface area contributed by atoms with Crippen molar-refractivity contribution in [1.82, 2.24) is 5.32 Å². The Morgan fingerprint density at radius 1 is 0.564 bits per heavy atom. The van der Waals surface area contributed by atoms with Crippen molar-refractivity contribution in [3.8, 4) is 0 Å². The van der Waals surface area contributed by atoms with Crippen LogP contribution >= 0.6 is 0 Å². The number of nitrogens with one attached hydrogen (secondary N) is 1. The molecule has 7 nitrogen and oxygen atoms in total. The predicted molar refractivity (Wildman–Crippen MR) is 161 cm³/mol. The molecule has 4 N–H and O–H groups in total. The van der Waals surface area contributed by atoms with Crippen LogP contribution in [0.15, 0.2) is 0 Å². The van der Waals surface area contributed by atoms with E-state index < -0.39 is 30.3 Å². The van der Waals surface area contributed by atoms with Crippen LogP contribution in [0.25, 0.3) is 0 Å². The molecule has 39 heavy (non-hydrogen) atoms. The molecule has 0 spiro atoms. The molecule has 0 aromatic rings. The Balaban J connectivity index is 0. The van der Waals surface area contributed by atoms with Crippen molar-refractivity contribution in [3.05, 3.63) is 0 Å². The van der Waals surface area contributed by atoms with Crippen molar-refractivity contribution in [2.24, 2.45) is 0 Å². The second-order valence-electron chi connectivity index (χ2n) is 11.0. The average molecular weight is 558 g/mol. The van der Waals surface area contributed by atoms with Crippen molar-refractivity contribution in [2.45, 2.75) is 187 Å². The fourth-order valence-electron chi connectivity index (χ4n) is 4.53. The molecule has 0 fully saturated rings. The standard InChI is InChI=1S/C16H29NO5.C16H34O/c1-2-3-4-5-6-7-8-9-10-11-14(18)17-13(16(21)22)12-15(19)20;1-3-5-7-9-10-11-13-15-16(17)14-12-8-6-4-2/h13H,2-12H2,1H3,(H,17,18)(H,19,20)(H,21,22);16-17H,3-15H2,1-2H3/t13-;/m0./s1. The minimum atomic E-state index is -1.34. The van der Waals surface area contributed by atoms with Crippen LogP contribution in [0.2, 0.25) is 0 Å². The molecule has 0 saturated carbocycles. The Kier molecular flexibility index (Phi) is 31.3. The molecule has 0 heterocycles. The first kappa shape index (κ1) is 39.5. The van der Waals surface area contributed by atoms with Crippen LogP contribution in [-0.2, 0) is 14.4 Å². The van der Waals surface area contributed by atoms with Crippen LogP contribution in [0.5, 0.6) is 0 Å². The molecule has 2 atom stereocenters. The van der Waals surface area contributed by atoms with E-state index in [0.29, 0.717) is 6.42 Å². The summed E-state index contributed by atoms with van der Waals surface area (Å²) in [4.78, 5) is 32.9. The van der Waals surface area contributed by atoms with Gasteiger partial charge in [-0.25, -0.2) is 4.79 Å². The van der Waals surface area contributed by atoms with Gasteiger partial charge in [0.25, 0.3) is 0 Å². The number of unbranched alkanes of at least 4 members (excludes halogenated alkanes) is 17. The second-order valence-corrected chi connectivity index (χ2v) is 11.0. The lowest BCUT2D eigenvalue weighted by atomic mass is 10.0. The highest BCUT2D eigenvalue weighted by Gasteiger charge is 2.22. The average Bonchev–Trinajstić information content (AvgIpc) is 2.89.